The second kappa shape index (κ2) is 7.11. The molecule has 0 fully saturated rings. The smallest absolute Gasteiger partial charge is 0.448 e. The Balaban J connectivity index is 2.56. The largest absolute Gasteiger partial charge is 0.508 e. The molecule has 0 saturated heterocycles. The quantitative estimate of drug-likeness (QED) is 0.342. The first-order valence-corrected chi connectivity index (χ1v) is 9.11. The summed E-state index contributed by atoms with van der Waals surface area (Å²) in [5, 5.41) is 41.0. The van der Waals surface area contributed by atoms with Gasteiger partial charge in [-0.25, -0.2) is 4.57 Å². The summed E-state index contributed by atoms with van der Waals surface area (Å²) < 4.78 is 14.5. The van der Waals surface area contributed by atoms with E-state index in [0.29, 0.717) is 5.56 Å². The van der Waals surface area contributed by atoms with Crippen molar-refractivity contribution in [1.82, 2.24) is 0 Å². The minimum absolute atomic E-state index is 0.00601. The lowest BCUT2D eigenvalue weighted by Gasteiger charge is -2.35. The summed E-state index contributed by atoms with van der Waals surface area (Å²) in [6.07, 6.45) is 2.80. The third-order valence-electron chi connectivity index (χ3n) is 3.94. The van der Waals surface area contributed by atoms with Crippen LogP contribution in [-0.2, 0) is 4.57 Å². The van der Waals surface area contributed by atoms with Gasteiger partial charge in [0.15, 0.2) is 0 Å². The maximum Gasteiger partial charge on any atom is 0.448 e. The molecular formula is C16H20NO7P. The first kappa shape index (κ1) is 19.4. The summed E-state index contributed by atoms with van der Waals surface area (Å²) in [6, 6.07) is 5.77. The molecule has 136 valence electrons. The van der Waals surface area contributed by atoms with Crippen molar-refractivity contribution in [2.24, 2.45) is 4.76 Å². The highest BCUT2D eigenvalue weighted by atomic mass is 31.2. The summed E-state index contributed by atoms with van der Waals surface area (Å²) in [6.45, 7) is 1.69. The molecule has 0 spiro atoms. The minimum Gasteiger partial charge on any atom is -0.508 e. The van der Waals surface area contributed by atoms with Gasteiger partial charge in [-0.2, -0.15) is 4.76 Å². The van der Waals surface area contributed by atoms with Gasteiger partial charge in [0.2, 0.25) is 5.79 Å². The highest BCUT2D eigenvalue weighted by Crippen LogP contribution is 2.43. The van der Waals surface area contributed by atoms with Crippen molar-refractivity contribution in [3.63, 3.8) is 0 Å². The summed E-state index contributed by atoms with van der Waals surface area (Å²) in [7, 11) is -4.83. The predicted octanol–water partition coefficient (Wildman–Crippen LogP) is 1.87. The molecule has 0 bridgehead atoms. The molecule has 1 aromatic rings. The Morgan fingerprint density at radius 1 is 1.20 bits per heavy atom. The lowest BCUT2D eigenvalue weighted by molar-refractivity contribution is -0.145. The Bertz CT molecular complexity index is 774. The second-order valence-electron chi connectivity index (χ2n) is 5.71. The Hall–Kier alpha value is -1.96. The van der Waals surface area contributed by atoms with Crippen LogP contribution in [0.25, 0.3) is 0 Å². The van der Waals surface area contributed by atoms with Crippen molar-refractivity contribution in [3.8, 4) is 5.75 Å². The van der Waals surface area contributed by atoms with Crippen molar-refractivity contribution < 1.29 is 34.8 Å². The van der Waals surface area contributed by atoms with E-state index in [1.807, 2.05) is 0 Å². The third-order valence-corrected chi connectivity index (χ3v) is 4.44. The van der Waals surface area contributed by atoms with Crippen LogP contribution in [0.2, 0.25) is 0 Å². The van der Waals surface area contributed by atoms with Gasteiger partial charge in [-0.1, -0.05) is 25.1 Å². The molecule has 0 aliphatic heterocycles. The Morgan fingerprint density at radius 3 is 2.32 bits per heavy atom. The van der Waals surface area contributed by atoms with Crippen LogP contribution in [0.3, 0.4) is 0 Å². The van der Waals surface area contributed by atoms with E-state index in [9.17, 15) is 25.0 Å². The van der Waals surface area contributed by atoms with Gasteiger partial charge in [0.25, 0.3) is 0 Å². The second-order valence-corrected chi connectivity index (χ2v) is 6.93. The number of aliphatic hydroxyl groups excluding tert-OH is 1. The van der Waals surface area contributed by atoms with Gasteiger partial charge in [-0.3, -0.25) is 0 Å². The number of benzene rings is 1. The zero-order valence-electron chi connectivity index (χ0n) is 13.4. The number of phenols is 1. The van der Waals surface area contributed by atoms with Crippen LogP contribution < -0.4 is 0 Å². The molecule has 0 aromatic heterocycles. The Morgan fingerprint density at radius 2 is 1.80 bits per heavy atom. The maximum absolute atomic E-state index is 11.2. The fourth-order valence-electron chi connectivity index (χ4n) is 2.90. The van der Waals surface area contributed by atoms with Gasteiger partial charge < -0.3 is 30.2 Å². The number of nitrogens with zero attached hydrogens (tertiary/aromatic N) is 1. The number of phenolic OH excluding ortho intramolecular Hbond substituents is 1. The van der Waals surface area contributed by atoms with E-state index in [0.717, 1.165) is 0 Å². The van der Waals surface area contributed by atoms with Crippen molar-refractivity contribution in [2.75, 3.05) is 0 Å². The first-order chi connectivity index (χ1) is 11.6. The van der Waals surface area contributed by atoms with Crippen molar-refractivity contribution in [2.45, 2.75) is 31.5 Å². The highest BCUT2D eigenvalue weighted by molar-refractivity contribution is 7.50. The first-order valence-electron chi connectivity index (χ1n) is 7.55. The maximum atomic E-state index is 11.2. The molecule has 0 heterocycles. The van der Waals surface area contributed by atoms with Crippen molar-refractivity contribution >= 4 is 13.5 Å². The van der Waals surface area contributed by atoms with Crippen LogP contribution in [0.1, 0.15) is 31.2 Å². The molecule has 1 aliphatic rings. The van der Waals surface area contributed by atoms with Gasteiger partial charge in [-0.05, 0) is 30.2 Å². The molecule has 1 unspecified atom stereocenters. The SMILES string of the molecule is CCC(c1ccc(O)cc1)C(O)(O)C1=C(O)C=CCC1=NP(=O)(O)O. The van der Waals surface area contributed by atoms with Crippen LogP contribution in [0.5, 0.6) is 5.75 Å². The zero-order chi connectivity index (χ0) is 18.8. The van der Waals surface area contributed by atoms with E-state index < -0.39 is 30.8 Å². The van der Waals surface area contributed by atoms with Crippen LogP contribution >= 0.6 is 7.75 Å². The molecule has 0 saturated carbocycles. The molecule has 1 atom stereocenters. The van der Waals surface area contributed by atoms with Gasteiger partial charge in [0.05, 0.1) is 11.3 Å². The molecular weight excluding hydrogens is 349 g/mol. The number of aliphatic hydroxyl groups is 3. The van der Waals surface area contributed by atoms with E-state index in [2.05, 4.69) is 4.76 Å². The molecule has 8 nitrogen and oxygen atoms in total. The summed E-state index contributed by atoms with van der Waals surface area (Å²) in [4.78, 5) is 18.2. The molecule has 9 heteroatoms. The third kappa shape index (κ3) is 4.36. The average molecular weight is 369 g/mol. The molecule has 0 radical (unpaired) electrons. The molecule has 25 heavy (non-hydrogen) atoms. The predicted molar refractivity (Wildman–Crippen MR) is 91.2 cm³/mol. The Labute approximate surface area is 144 Å². The number of hydrogen-bond acceptors (Lipinski definition) is 5. The van der Waals surface area contributed by atoms with Gasteiger partial charge in [0.1, 0.15) is 11.5 Å². The number of aromatic hydroxyl groups is 1. The summed E-state index contributed by atoms with van der Waals surface area (Å²) >= 11 is 0. The lowest BCUT2D eigenvalue weighted by atomic mass is 9.80. The normalized spacial score (nSPS) is 18.7. The van der Waals surface area contributed by atoms with E-state index >= 15 is 0 Å². The monoisotopic (exact) mass is 369 g/mol. The highest BCUT2D eigenvalue weighted by Gasteiger charge is 2.43. The molecule has 1 aliphatic carbocycles. The fraction of sp³-hybridized carbons (Fsp3) is 0.312. The van der Waals surface area contributed by atoms with E-state index in [4.69, 9.17) is 9.79 Å². The number of allylic oxidation sites excluding steroid dienone is 2. The summed E-state index contributed by atoms with van der Waals surface area (Å²) in [5.74, 6) is -4.08. The molecule has 2 rings (SSSR count). The molecule has 0 amide bonds. The van der Waals surface area contributed by atoms with Crippen molar-refractivity contribution in [1.29, 1.82) is 0 Å². The Kier molecular flexibility index (Phi) is 5.51. The van der Waals surface area contributed by atoms with E-state index in [1.54, 1.807) is 6.92 Å². The molecule has 1 aromatic carbocycles. The summed E-state index contributed by atoms with van der Waals surface area (Å²) in [5.41, 5.74) is -0.274. The van der Waals surface area contributed by atoms with Gasteiger partial charge >= 0.3 is 7.75 Å². The van der Waals surface area contributed by atoms with Crippen LogP contribution in [0, 0.1) is 0 Å². The average Bonchev–Trinajstić information content (AvgIpc) is 2.47. The number of rotatable bonds is 5. The zero-order valence-corrected chi connectivity index (χ0v) is 14.3. The van der Waals surface area contributed by atoms with Gasteiger partial charge in [-0.15, -0.1) is 0 Å². The molecule has 6 N–H and O–H groups in total. The van der Waals surface area contributed by atoms with Crippen LogP contribution in [0.4, 0.5) is 0 Å². The van der Waals surface area contributed by atoms with E-state index in [-0.39, 0.29) is 24.3 Å². The lowest BCUT2D eigenvalue weighted by Crippen LogP contribution is -2.42. The standard InChI is InChI=1S/C16H20NO7P/c1-2-12(10-6-8-11(18)9-7-10)16(20,21)15-13(17-25(22,23)24)4-3-5-14(15)19/h3,5-9,12,18-21H,2,4H2,1H3,(H2,22,23,24). The van der Waals surface area contributed by atoms with Crippen LogP contribution in [0.15, 0.2) is 52.5 Å². The van der Waals surface area contributed by atoms with E-state index in [1.165, 1.54) is 36.4 Å². The number of hydrogen-bond donors (Lipinski definition) is 6. The topological polar surface area (TPSA) is 151 Å². The van der Waals surface area contributed by atoms with Gasteiger partial charge in [0, 0.05) is 12.3 Å². The van der Waals surface area contributed by atoms with Crippen molar-refractivity contribution in [3.05, 3.63) is 53.3 Å². The fourth-order valence-corrected chi connectivity index (χ4v) is 3.39. The van der Waals surface area contributed by atoms with Crippen LogP contribution in [-0.4, -0.2) is 41.7 Å². The minimum atomic E-state index is -4.83.